The molecule has 1 aliphatic rings. The van der Waals surface area contributed by atoms with Crippen LogP contribution in [-0.4, -0.2) is 18.2 Å². The second-order valence-corrected chi connectivity index (χ2v) is 4.39. The molecule has 0 saturated carbocycles. The van der Waals surface area contributed by atoms with Crippen LogP contribution < -0.4 is 5.32 Å². The molecule has 1 fully saturated rings. The second-order valence-electron chi connectivity index (χ2n) is 4.39. The molecule has 1 atom stereocenters. The average Bonchev–Trinajstić information content (AvgIpc) is 2.30. The number of piperidine rings is 1. The van der Waals surface area contributed by atoms with Crippen LogP contribution in [-0.2, 0) is 0 Å². The zero-order valence-corrected chi connectivity index (χ0v) is 9.24. The van der Waals surface area contributed by atoms with Crippen molar-refractivity contribution in [1.29, 1.82) is 0 Å². The lowest BCUT2D eigenvalue weighted by molar-refractivity contribution is 0.0884. The molecule has 2 N–H and O–H groups in total. The van der Waals surface area contributed by atoms with E-state index in [1.807, 2.05) is 18.2 Å². The number of rotatable bonds is 2. The summed E-state index contributed by atoms with van der Waals surface area (Å²) in [4.78, 5) is 0. The standard InChI is InChI=1S/C13H19NO/c1-10-4-2-3-5-12(10)13(15)11-6-8-14-9-7-11/h2-5,11,13-15H,6-9H2,1H3/t13-/m0/s1. The summed E-state index contributed by atoms with van der Waals surface area (Å²) in [6, 6.07) is 8.14. The van der Waals surface area contributed by atoms with Crippen molar-refractivity contribution in [3.63, 3.8) is 0 Å². The molecule has 0 aromatic heterocycles. The normalized spacial score (nSPS) is 20.1. The Hall–Kier alpha value is -0.860. The summed E-state index contributed by atoms with van der Waals surface area (Å²) in [5.74, 6) is 0.423. The van der Waals surface area contributed by atoms with Crippen molar-refractivity contribution in [3.8, 4) is 0 Å². The predicted molar refractivity (Wildman–Crippen MR) is 61.7 cm³/mol. The Morgan fingerprint density at radius 1 is 1.27 bits per heavy atom. The Morgan fingerprint density at radius 3 is 2.60 bits per heavy atom. The molecule has 0 bridgehead atoms. The van der Waals surface area contributed by atoms with Crippen LogP contribution >= 0.6 is 0 Å². The minimum absolute atomic E-state index is 0.284. The van der Waals surface area contributed by atoms with Crippen molar-refractivity contribution >= 4 is 0 Å². The maximum absolute atomic E-state index is 10.3. The molecule has 2 rings (SSSR count). The molecule has 1 aliphatic heterocycles. The lowest BCUT2D eigenvalue weighted by Gasteiger charge is -2.28. The van der Waals surface area contributed by atoms with Crippen molar-refractivity contribution in [2.24, 2.45) is 5.92 Å². The first-order valence-corrected chi connectivity index (χ1v) is 5.73. The van der Waals surface area contributed by atoms with E-state index in [0.717, 1.165) is 31.5 Å². The van der Waals surface area contributed by atoms with Gasteiger partial charge in [-0.1, -0.05) is 24.3 Å². The molecule has 1 saturated heterocycles. The van der Waals surface area contributed by atoms with Crippen LogP contribution in [0.4, 0.5) is 0 Å². The van der Waals surface area contributed by atoms with Gasteiger partial charge in [-0.15, -0.1) is 0 Å². The highest BCUT2D eigenvalue weighted by Crippen LogP contribution is 2.30. The molecular formula is C13H19NO. The number of nitrogens with one attached hydrogen (secondary N) is 1. The van der Waals surface area contributed by atoms with Gasteiger partial charge in [-0.05, 0) is 49.9 Å². The van der Waals surface area contributed by atoms with Gasteiger partial charge in [0.05, 0.1) is 6.10 Å². The Kier molecular flexibility index (Phi) is 3.39. The molecule has 1 heterocycles. The van der Waals surface area contributed by atoms with Gasteiger partial charge in [0.1, 0.15) is 0 Å². The summed E-state index contributed by atoms with van der Waals surface area (Å²) in [6.07, 6.45) is 1.87. The molecule has 2 heteroatoms. The quantitative estimate of drug-likeness (QED) is 0.774. The van der Waals surface area contributed by atoms with Gasteiger partial charge in [0, 0.05) is 0 Å². The van der Waals surface area contributed by atoms with Gasteiger partial charge in [0.2, 0.25) is 0 Å². The largest absolute Gasteiger partial charge is 0.388 e. The summed E-state index contributed by atoms with van der Waals surface area (Å²) >= 11 is 0. The third-order valence-corrected chi connectivity index (χ3v) is 3.34. The minimum atomic E-state index is -0.284. The Morgan fingerprint density at radius 2 is 1.93 bits per heavy atom. The van der Waals surface area contributed by atoms with E-state index in [-0.39, 0.29) is 6.10 Å². The molecule has 0 aliphatic carbocycles. The second kappa shape index (κ2) is 4.77. The van der Waals surface area contributed by atoms with E-state index < -0.39 is 0 Å². The van der Waals surface area contributed by atoms with Crippen LogP contribution in [0.15, 0.2) is 24.3 Å². The monoisotopic (exact) mass is 205 g/mol. The van der Waals surface area contributed by atoms with E-state index in [4.69, 9.17) is 0 Å². The number of aliphatic hydroxyl groups excluding tert-OH is 1. The molecule has 15 heavy (non-hydrogen) atoms. The molecule has 0 radical (unpaired) electrons. The first kappa shape index (κ1) is 10.7. The van der Waals surface area contributed by atoms with E-state index >= 15 is 0 Å². The molecular weight excluding hydrogens is 186 g/mol. The van der Waals surface area contributed by atoms with Gasteiger partial charge in [-0.3, -0.25) is 0 Å². The van der Waals surface area contributed by atoms with Gasteiger partial charge in [-0.2, -0.15) is 0 Å². The fraction of sp³-hybridized carbons (Fsp3) is 0.538. The van der Waals surface area contributed by atoms with Crippen LogP contribution in [0.3, 0.4) is 0 Å². The minimum Gasteiger partial charge on any atom is -0.388 e. The van der Waals surface area contributed by atoms with Crippen molar-refractivity contribution in [2.75, 3.05) is 13.1 Å². The fourth-order valence-electron chi connectivity index (χ4n) is 2.33. The lowest BCUT2D eigenvalue weighted by Crippen LogP contribution is -2.31. The topological polar surface area (TPSA) is 32.3 Å². The molecule has 1 aromatic rings. The van der Waals surface area contributed by atoms with Gasteiger partial charge >= 0.3 is 0 Å². The van der Waals surface area contributed by atoms with Crippen LogP contribution in [0, 0.1) is 12.8 Å². The third-order valence-electron chi connectivity index (χ3n) is 3.34. The predicted octanol–water partition coefficient (Wildman–Crippen LogP) is 2.03. The summed E-state index contributed by atoms with van der Waals surface area (Å²) in [5.41, 5.74) is 2.30. The van der Waals surface area contributed by atoms with Gasteiger partial charge in [-0.25, -0.2) is 0 Å². The number of aliphatic hydroxyl groups is 1. The molecule has 1 aromatic carbocycles. The molecule has 82 valence electrons. The van der Waals surface area contributed by atoms with Crippen LogP contribution in [0.1, 0.15) is 30.1 Å². The first-order chi connectivity index (χ1) is 7.29. The van der Waals surface area contributed by atoms with Crippen LogP contribution in [0.2, 0.25) is 0 Å². The van der Waals surface area contributed by atoms with Crippen molar-refractivity contribution in [2.45, 2.75) is 25.9 Å². The highest BCUT2D eigenvalue weighted by molar-refractivity contribution is 5.28. The van der Waals surface area contributed by atoms with Crippen molar-refractivity contribution < 1.29 is 5.11 Å². The lowest BCUT2D eigenvalue weighted by atomic mass is 9.86. The SMILES string of the molecule is Cc1ccccc1[C@@H](O)C1CCNCC1. The highest BCUT2D eigenvalue weighted by atomic mass is 16.3. The van der Waals surface area contributed by atoms with Crippen LogP contribution in [0.5, 0.6) is 0 Å². The Balaban J connectivity index is 2.12. The summed E-state index contributed by atoms with van der Waals surface area (Å²) in [6.45, 7) is 4.14. The maximum Gasteiger partial charge on any atom is 0.0821 e. The first-order valence-electron chi connectivity index (χ1n) is 5.73. The smallest absolute Gasteiger partial charge is 0.0821 e. The number of aryl methyl sites for hydroxylation is 1. The van der Waals surface area contributed by atoms with E-state index in [1.165, 1.54) is 5.56 Å². The maximum atomic E-state index is 10.3. The average molecular weight is 205 g/mol. The molecule has 2 nitrogen and oxygen atoms in total. The Labute approximate surface area is 91.3 Å². The zero-order chi connectivity index (χ0) is 10.7. The van der Waals surface area contributed by atoms with E-state index in [1.54, 1.807) is 0 Å². The van der Waals surface area contributed by atoms with Gasteiger partial charge in [0.25, 0.3) is 0 Å². The molecule has 0 amide bonds. The van der Waals surface area contributed by atoms with E-state index in [0.29, 0.717) is 5.92 Å². The van der Waals surface area contributed by atoms with Gasteiger partial charge < -0.3 is 10.4 Å². The molecule has 0 unspecified atom stereocenters. The number of benzene rings is 1. The molecule has 0 spiro atoms. The zero-order valence-electron chi connectivity index (χ0n) is 9.24. The highest BCUT2D eigenvalue weighted by Gasteiger charge is 2.23. The summed E-state index contributed by atoms with van der Waals surface area (Å²) in [5, 5.41) is 13.6. The summed E-state index contributed by atoms with van der Waals surface area (Å²) < 4.78 is 0. The van der Waals surface area contributed by atoms with Crippen LogP contribution in [0.25, 0.3) is 0 Å². The fourth-order valence-corrected chi connectivity index (χ4v) is 2.33. The van der Waals surface area contributed by atoms with E-state index in [2.05, 4.69) is 18.3 Å². The summed E-state index contributed by atoms with van der Waals surface area (Å²) in [7, 11) is 0. The van der Waals surface area contributed by atoms with Gasteiger partial charge in [0.15, 0.2) is 0 Å². The van der Waals surface area contributed by atoms with E-state index in [9.17, 15) is 5.11 Å². The number of hydrogen-bond donors (Lipinski definition) is 2. The third kappa shape index (κ3) is 2.39. The Bertz CT molecular complexity index is 318. The number of hydrogen-bond acceptors (Lipinski definition) is 2. The van der Waals surface area contributed by atoms with Crippen molar-refractivity contribution in [1.82, 2.24) is 5.32 Å². The van der Waals surface area contributed by atoms with Crippen molar-refractivity contribution in [3.05, 3.63) is 35.4 Å².